The van der Waals surface area contributed by atoms with Gasteiger partial charge in [-0.1, -0.05) is 35.9 Å². The topological polar surface area (TPSA) is 94.1 Å². The zero-order chi connectivity index (χ0) is 27.0. The van der Waals surface area contributed by atoms with Gasteiger partial charge in [0.15, 0.2) is 0 Å². The van der Waals surface area contributed by atoms with Crippen molar-refractivity contribution in [1.29, 1.82) is 0 Å². The van der Waals surface area contributed by atoms with Crippen LogP contribution in [0.2, 0.25) is 5.02 Å². The molecule has 3 aromatic rings. The monoisotopic (exact) mass is 550 g/mol. The van der Waals surface area contributed by atoms with Crippen molar-refractivity contribution in [1.82, 2.24) is 20.2 Å². The van der Waals surface area contributed by atoms with Crippen LogP contribution < -0.4 is 19.9 Å². The van der Waals surface area contributed by atoms with Crippen molar-refractivity contribution < 1.29 is 14.6 Å². The third-order valence-corrected chi connectivity index (χ3v) is 8.88. The van der Waals surface area contributed by atoms with E-state index in [1.807, 2.05) is 24.1 Å². The number of anilines is 2. The second-order valence-electron chi connectivity index (χ2n) is 10.9. The van der Waals surface area contributed by atoms with Gasteiger partial charge >= 0.3 is 12.1 Å². The molecule has 10 heteroatoms. The fourth-order valence-corrected chi connectivity index (χ4v) is 6.89. The number of likely N-dealkylation sites (N-methyl/N-ethyl adjacent to an activating group) is 1. The van der Waals surface area contributed by atoms with Crippen LogP contribution >= 0.6 is 11.6 Å². The van der Waals surface area contributed by atoms with E-state index in [9.17, 15) is 4.79 Å². The molecular formula is C29H35ClN6O3. The fraction of sp³-hybridized carbons (Fsp3) is 0.483. The summed E-state index contributed by atoms with van der Waals surface area (Å²) in [6.07, 6.45) is 4.46. The molecule has 0 spiro atoms. The number of hydrogen-bond acceptors (Lipinski definition) is 7. The third kappa shape index (κ3) is 5.05. The lowest BCUT2D eigenvalue weighted by molar-refractivity contribution is 0.107. The Morgan fingerprint density at radius 2 is 1.92 bits per heavy atom. The molecule has 4 heterocycles. The number of carboxylic acid groups (broad SMARTS) is 1. The third-order valence-electron chi connectivity index (χ3n) is 8.56. The Balaban J connectivity index is 1.31. The molecule has 0 saturated carbocycles. The number of rotatable bonds is 8. The van der Waals surface area contributed by atoms with E-state index in [1.54, 1.807) is 0 Å². The molecule has 1 aromatic heterocycles. The Morgan fingerprint density at radius 1 is 1.15 bits per heavy atom. The highest BCUT2D eigenvalue weighted by Crippen LogP contribution is 2.40. The van der Waals surface area contributed by atoms with Gasteiger partial charge in [-0.15, -0.1) is 0 Å². The molecule has 3 aliphatic heterocycles. The summed E-state index contributed by atoms with van der Waals surface area (Å²) in [5, 5.41) is 14.4. The van der Waals surface area contributed by atoms with Crippen molar-refractivity contribution in [2.24, 2.45) is 0 Å². The smallest absolute Gasteiger partial charge is 0.404 e. The molecule has 6 rings (SSSR count). The highest BCUT2D eigenvalue weighted by atomic mass is 35.5. The molecular weight excluding hydrogens is 516 g/mol. The molecule has 2 fully saturated rings. The molecule has 0 bridgehead atoms. The summed E-state index contributed by atoms with van der Waals surface area (Å²) >= 11 is 6.66. The van der Waals surface area contributed by atoms with Crippen molar-refractivity contribution in [2.75, 3.05) is 56.2 Å². The van der Waals surface area contributed by atoms with Gasteiger partial charge in [0.1, 0.15) is 12.4 Å². The van der Waals surface area contributed by atoms with Crippen molar-refractivity contribution in [3.63, 3.8) is 0 Å². The van der Waals surface area contributed by atoms with E-state index in [2.05, 4.69) is 39.4 Å². The van der Waals surface area contributed by atoms with Gasteiger partial charge in [-0.3, -0.25) is 4.90 Å². The highest BCUT2D eigenvalue weighted by Gasteiger charge is 2.45. The first-order valence-electron chi connectivity index (χ1n) is 13.8. The lowest BCUT2D eigenvalue weighted by Gasteiger charge is -2.34. The zero-order valence-corrected chi connectivity index (χ0v) is 23.1. The van der Waals surface area contributed by atoms with Crippen LogP contribution in [0.3, 0.4) is 0 Å². The van der Waals surface area contributed by atoms with Gasteiger partial charge in [-0.25, -0.2) is 4.79 Å². The van der Waals surface area contributed by atoms with Gasteiger partial charge in [-0.05, 0) is 62.7 Å². The fourth-order valence-electron chi connectivity index (χ4n) is 6.61. The van der Waals surface area contributed by atoms with Crippen molar-refractivity contribution in [3.8, 4) is 6.01 Å². The number of nitrogens with zero attached hydrogens (tertiary/aromatic N) is 5. The average molecular weight is 551 g/mol. The molecule has 0 aliphatic carbocycles. The van der Waals surface area contributed by atoms with Crippen molar-refractivity contribution >= 4 is 40.0 Å². The summed E-state index contributed by atoms with van der Waals surface area (Å²) in [6, 6.07) is 12.7. The van der Waals surface area contributed by atoms with Crippen LogP contribution in [0.1, 0.15) is 36.9 Å². The second kappa shape index (κ2) is 10.7. The summed E-state index contributed by atoms with van der Waals surface area (Å²) in [4.78, 5) is 27.7. The molecule has 2 aromatic carbocycles. The number of fused-ring (bicyclic) bond motifs is 3. The number of carbonyl (C=O) groups is 1. The number of hydrogen-bond donors (Lipinski definition) is 2. The average Bonchev–Trinajstić information content (AvgIpc) is 3.51. The van der Waals surface area contributed by atoms with Gasteiger partial charge in [0.25, 0.3) is 0 Å². The van der Waals surface area contributed by atoms with Crippen LogP contribution in [0.15, 0.2) is 36.4 Å². The minimum atomic E-state index is -1.03. The molecule has 39 heavy (non-hydrogen) atoms. The normalized spacial score (nSPS) is 18.2. The quantitative estimate of drug-likeness (QED) is 0.422. The standard InChI is InChI=1S/C29H35ClN6O3/c1-34(17-13-31-28(37)38)26-21-10-16-35(24-9-3-7-20-6-2-8-22(30)25(20)24)18-23(21)32-27(33-26)39-19-29-11-4-14-36(29)15-5-12-29/h2-3,6-9,31H,4-5,10-19H2,1H3,(H,37,38). The first-order chi connectivity index (χ1) is 18.9. The summed E-state index contributed by atoms with van der Waals surface area (Å²) in [5.41, 5.74) is 3.22. The minimum Gasteiger partial charge on any atom is -0.465 e. The van der Waals surface area contributed by atoms with Crippen LogP contribution in [0, 0.1) is 0 Å². The van der Waals surface area contributed by atoms with Crippen LogP contribution in [-0.2, 0) is 13.0 Å². The lowest BCUT2D eigenvalue weighted by atomic mass is 9.95. The number of aromatic nitrogens is 2. The molecule has 0 atom stereocenters. The van der Waals surface area contributed by atoms with E-state index in [0.717, 1.165) is 77.5 Å². The Kier molecular flexibility index (Phi) is 7.12. The molecule has 0 unspecified atom stereocenters. The molecule has 0 radical (unpaired) electrons. The van der Waals surface area contributed by atoms with Crippen molar-refractivity contribution in [2.45, 2.75) is 44.2 Å². The van der Waals surface area contributed by atoms with Crippen LogP contribution in [-0.4, -0.2) is 78.0 Å². The highest BCUT2D eigenvalue weighted by molar-refractivity contribution is 6.36. The first-order valence-corrected chi connectivity index (χ1v) is 14.2. The van der Waals surface area contributed by atoms with E-state index >= 15 is 0 Å². The Bertz CT molecular complexity index is 1370. The zero-order valence-electron chi connectivity index (χ0n) is 22.3. The summed E-state index contributed by atoms with van der Waals surface area (Å²) in [6.45, 7) is 5.09. The Morgan fingerprint density at radius 3 is 2.69 bits per heavy atom. The maximum Gasteiger partial charge on any atom is 0.404 e. The Hall–Kier alpha value is -3.30. The summed E-state index contributed by atoms with van der Waals surface area (Å²) in [5.74, 6) is 0.810. The molecule has 2 saturated heterocycles. The van der Waals surface area contributed by atoms with E-state index in [0.29, 0.717) is 32.3 Å². The Labute approximate surface area is 233 Å². The van der Waals surface area contributed by atoms with Gasteiger partial charge in [0.2, 0.25) is 0 Å². The SMILES string of the molecule is CN(CCNC(=O)O)c1nc(OCC23CCCN2CCC3)nc2c1CCN(c1cccc3cccc(Cl)c13)C2. The van der Waals surface area contributed by atoms with E-state index in [-0.39, 0.29) is 5.54 Å². The maximum absolute atomic E-state index is 11.0. The van der Waals surface area contributed by atoms with Crippen LogP contribution in [0.4, 0.5) is 16.3 Å². The number of nitrogens with one attached hydrogen (secondary N) is 1. The molecule has 9 nitrogen and oxygen atoms in total. The van der Waals surface area contributed by atoms with Crippen LogP contribution in [0.5, 0.6) is 6.01 Å². The first kappa shape index (κ1) is 26.0. The van der Waals surface area contributed by atoms with E-state index in [4.69, 9.17) is 31.4 Å². The molecule has 1 amide bonds. The van der Waals surface area contributed by atoms with E-state index in [1.165, 1.54) is 12.8 Å². The van der Waals surface area contributed by atoms with Crippen LogP contribution in [0.25, 0.3) is 10.8 Å². The number of benzene rings is 2. The number of halogens is 1. The van der Waals surface area contributed by atoms with E-state index < -0.39 is 6.09 Å². The molecule has 3 aliphatic rings. The predicted molar refractivity (Wildman–Crippen MR) is 153 cm³/mol. The minimum absolute atomic E-state index is 0.0997. The number of ether oxygens (including phenoxy) is 1. The molecule has 206 valence electrons. The molecule has 2 N–H and O–H groups in total. The number of amides is 1. The van der Waals surface area contributed by atoms with Gasteiger partial charge < -0.3 is 25.0 Å². The lowest BCUT2D eigenvalue weighted by Crippen LogP contribution is -2.43. The van der Waals surface area contributed by atoms with Gasteiger partial charge in [0, 0.05) is 43.3 Å². The second-order valence-corrected chi connectivity index (χ2v) is 11.3. The van der Waals surface area contributed by atoms with Crippen molar-refractivity contribution in [3.05, 3.63) is 52.7 Å². The van der Waals surface area contributed by atoms with Gasteiger partial charge in [-0.2, -0.15) is 9.97 Å². The maximum atomic E-state index is 11.0. The van der Waals surface area contributed by atoms with Gasteiger partial charge in [0.05, 0.1) is 22.8 Å². The predicted octanol–water partition coefficient (Wildman–Crippen LogP) is 4.56. The largest absolute Gasteiger partial charge is 0.465 e. The summed E-state index contributed by atoms with van der Waals surface area (Å²) < 4.78 is 6.38. The summed E-state index contributed by atoms with van der Waals surface area (Å²) in [7, 11) is 1.95.